The van der Waals surface area contributed by atoms with Gasteiger partial charge < -0.3 is 48.3 Å². The fraction of sp³-hybridized carbons (Fsp3) is 0.406. The van der Waals surface area contributed by atoms with Gasteiger partial charge in [0.2, 0.25) is 17.7 Å². The monoisotopic (exact) mass is 636 g/mol. The molecule has 4 unspecified atom stereocenters. The highest BCUT2D eigenvalue weighted by Gasteiger charge is 2.31. The third-order valence-corrected chi connectivity index (χ3v) is 7.36. The highest BCUT2D eigenvalue weighted by Crippen LogP contribution is 2.19. The molecule has 14 heteroatoms. The zero-order valence-electron chi connectivity index (χ0n) is 26.0. The van der Waals surface area contributed by atoms with Crippen LogP contribution < -0.4 is 33.2 Å². The van der Waals surface area contributed by atoms with Gasteiger partial charge in [-0.15, -0.1) is 0 Å². The standard InChI is InChI=1S/C32H44N8O6/c1-18(2)14-27(31(45)46)40-29(43)25(8-5-13-36-32(34)35)38-30(44)26(15-19-9-11-21(41)12-10-19)39-28(42)23(33)16-20-17-37-24-7-4-3-6-22(20)24/h3-4,6-7,9-12,17-18,23,25-27,37,41H,5,8,13-16,33H2,1-2H3,(H,38,44)(H,39,42)(H,40,43)(H,45,46)(H4,34,35,36). The van der Waals surface area contributed by atoms with E-state index in [1.165, 1.54) is 12.1 Å². The van der Waals surface area contributed by atoms with E-state index in [2.05, 4.69) is 25.9 Å². The number of carboxylic acids is 1. The number of fused-ring (bicyclic) bond motifs is 1. The summed E-state index contributed by atoms with van der Waals surface area (Å²) in [6, 6.07) is 9.24. The van der Waals surface area contributed by atoms with Crippen molar-refractivity contribution in [1.29, 1.82) is 0 Å². The lowest BCUT2D eigenvalue weighted by atomic mass is 10.0. The first-order valence-electron chi connectivity index (χ1n) is 15.1. The number of hydrogen-bond donors (Lipinski definition) is 9. The molecule has 0 radical (unpaired) electrons. The number of aliphatic carboxylic acids is 1. The van der Waals surface area contributed by atoms with Crippen molar-refractivity contribution in [3.05, 3.63) is 65.9 Å². The van der Waals surface area contributed by atoms with Crippen molar-refractivity contribution >= 4 is 40.6 Å². The number of aromatic hydroxyl groups is 1. The van der Waals surface area contributed by atoms with Gasteiger partial charge in [-0.2, -0.15) is 0 Å². The molecular weight excluding hydrogens is 592 g/mol. The molecule has 0 aliphatic carbocycles. The molecule has 3 amide bonds. The Hall–Kier alpha value is -5.11. The van der Waals surface area contributed by atoms with Crippen molar-refractivity contribution in [3.8, 4) is 5.75 Å². The molecule has 12 N–H and O–H groups in total. The topological polar surface area (TPSA) is 251 Å². The Morgan fingerprint density at radius 2 is 1.50 bits per heavy atom. The number of aliphatic imine (C=N–C) groups is 1. The van der Waals surface area contributed by atoms with Crippen LogP contribution in [-0.2, 0) is 32.0 Å². The van der Waals surface area contributed by atoms with Crippen molar-refractivity contribution in [2.75, 3.05) is 6.54 Å². The van der Waals surface area contributed by atoms with Crippen LogP contribution in [0, 0.1) is 5.92 Å². The quantitative estimate of drug-likeness (QED) is 0.0571. The zero-order valence-corrected chi connectivity index (χ0v) is 26.0. The smallest absolute Gasteiger partial charge is 0.326 e. The summed E-state index contributed by atoms with van der Waals surface area (Å²) in [5, 5.41) is 28.2. The van der Waals surface area contributed by atoms with E-state index in [0.29, 0.717) is 12.0 Å². The SMILES string of the molecule is CC(C)CC(NC(=O)C(CCCN=C(N)N)NC(=O)C(Cc1ccc(O)cc1)NC(=O)C(N)Cc1c[nH]c2ccccc12)C(=O)O. The molecule has 0 saturated carbocycles. The van der Waals surface area contributed by atoms with Gasteiger partial charge in [0.05, 0.1) is 6.04 Å². The summed E-state index contributed by atoms with van der Waals surface area (Å²) in [5.41, 5.74) is 19.5. The lowest BCUT2D eigenvalue weighted by Gasteiger charge is -2.26. The second kappa shape index (κ2) is 16.8. The Morgan fingerprint density at radius 3 is 2.15 bits per heavy atom. The van der Waals surface area contributed by atoms with Crippen LogP contribution in [0.1, 0.15) is 44.2 Å². The minimum Gasteiger partial charge on any atom is -0.508 e. The molecule has 3 rings (SSSR count). The summed E-state index contributed by atoms with van der Waals surface area (Å²) in [6.07, 6.45) is 2.57. The van der Waals surface area contributed by atoms with E-state index < -0.39 is 47.9 Å². The molecule has 0 spiro atoms. The summed E-state index contributed by atoms with van der Waals surface area (Å²) in [4.78, 5) is 59.3. The number of aromatic nitrogens is 1. The van der Waals surface area contributed by atoms with Crippen molar-refractivity contribution in [1.82, 2.24) is 20.9 Å². The lowest BCUT2D eigenvalue weighted by Crippen LogP contribution is -2.57. The van der Waals surface area contributed by atoms with E-state index in [9.17, 15) is 29.4 Å². The number of aromatic amines is 1. The molecule has 46 heavy (non-hydrogen) atoms. The van der Waals surface area contributed by atoms with Crippen LogP contribution >= 0.6 is 0 Å². The third-order valence-electron chi connectivity index (χ3n) is 7.36. The van der Waals surface area contributed by atoms with Crippen LogP contribution in [0.25, 0.3) is 10.9 Å². The number of phenolic OH excluding ortho intramolecular Hbond substituents is 1. The molecule has 1 aromatic heterocycles. The lowest BCUT2D eigenvalue weighted by molar-refractivity contribution is -0.142. The third kappa shape index (κ3) is 10.8. The largest absolute Gasteiger partial charge is 0.508 e. The number of carboxylic acid groups (broad SMARTS) is 1. The number of rotatable bonds is 17. The van der Waals surface area contributed by atoms with Gasteiger partial charge in [0.1, 0.15) is 23.9 Å². The minimum absolute atomic E-state index is 0.0188. The maximum atomic E-state index is 13.7. The summed E-state index contributed by atoms with van der Waals surface area (Å²) in [5.74, 6) is -3.28. The van der Waals surface area contributed by atoms with Gasteiger partial charge in [-0.05, 0) is 60.9 Å². The van der Waals surface area contributed by atoms with Gasteiger partial charge in [0.25, 0.3) is 0 Å². The molecule has 4 atom stereocenters. The average molecular weight is 637 g/mol. The molecule has 1 heterocycles. The number of phenols is 1. The van der Waals surface area contributed by atoms with Crippen molar-refractivity contribution in [2.45, 2.75) is 70.1 Å². The second-order valence-corrected chi connectivity index (χ2v) is 11.6. The number of hydrogen-bond acceptors (Lipinski definition) is 7. The van der Waals surface area contributed by atoms with E-state index in [1.807, 2.05) is 38.1 Å². The minimum atomic E-state index is -1.20. The van der Waals surface area contributed by atoms with Crippen molar-refractivity contribution in [2.24, 2.45) is 28.1 Å². The number of benzene rings is 2. The molecule has 2 aromatic carbocycles. The van der Waals surface area contributed by atoms with E-state index in [1.54, 1.807) is 18.3 Å². The number of para-hydroxylation sites is 1. The van der Waals surface area contributed by atoms with Crippen LogP contribution in [0.5, 0.6) is 5.75 Å². The van der Waals surface area contributed by atoms with Gasteiger partial charge in [-0.3, -0.25) is 19.4 Å². The fourth-order valence-electron chi connectivity index (χ4n) is 5.00. The highest BCUT2D eigenvalue weighted by atomic mass is 16.4. The molecule has 14 nitrogen and oxygen atoms in total. The molecule has 0 aliphatic rings. The highest BCUT2D eigenvalue weighted by molar-refractivity contribution is 5.94. The number of nitrogens with two attached hydrogens (primary N) is 3. The molecule has 3 aromatic rings. The van der Waals surface area contributed by atoms with Crippen LogP contribution in [0.15, 0.2) is 59.7 Å². The second-order valence-electron chi connectivity index (χ2n) is 11.6. The van der Waals surface area contributed by atoms with E-state index in [4.69, 9.17) is 17.2 Å². The Labute approximate surface area is 267 Å². The summed E-state index contributed by atoms with van der Waals surface area (Å²) < 4.78 is 0. The predicted molar refractivity (Wildman–Crippen MR) is 175 cm³/mol. The maximum Gasteiger partial charge on any atom is 0.326 e. The van der Waals surface area contributed by atoms with Crippen LogP contribution in [-0.4, -0.2) is 75.6 Å². The normalized spacial score (nSPS) is 13.7. The van der Waals surface area contributed by atoms with Crippen LogP contribution in [0.3, 0.4) is 0 Å². The molecule has 0 saturated heterocycles. The molecule has 0 aliphatic heterocycles. The Kier molecular flexibility index (Phi) is 12.9. The Balaban J connectivity index is 1.81. The van der Waals surface area contributed by atoms with Gasteiger partial charge in [-0.1, -0.05) is 44.2 Å². The number of guanidine groups is 1. The molecule has 0 bridgehead atoms. The Bertz CT molecular complexity index is 1520. The maximum absolute atomic E-state index is 13.7. The average Bonchev–Trinajstić information content (AvgIpc) is 3.40. The number of nitrogens with one attached hydrogen (secondary N) is 4. The first-order chi connectivity index (χ1) is 21.8. The van der Waals surface area contributed by atoms with Crippen LogP contribution in [0.2, 0.25) is 0 Å². The summed E-state index contributed by atoms with van der Waals surface area (Å²) in [6.45, 7) is 3.83. The first kappa shape index (κ1) is 35.4. The van der Waals surface area contributed by atoms with Crippen molar-refractivity contribution < 1.29 is 29.4 Å². The number of carbonyl (C=O) groups excluding carboxylic acids is 3. The van der Waals surface area contributed by atoms with Crippen molar-refractivity contribution in [3.63, 3.8) is 0 Å². The van der Waals surface area contributed by atoms with E-state index in [0.717, 1.165) is 16.5 Å². The van der Waals surface area contributed by atoms with Gasteiger partial charge >= 0.3 is 5.97 Å². The van der Waals surface area contributed by atoms with E-state index >= 15 is 0 Å². The van der Waals surface area contributed by atoms with Gasteiger partial charge in [-0.25, -0.2) is 4.79 Å². The molecule has 0 fully saturated rings. The summed E-state index contributed by atoms with van der Waals surface area (Å²) in [7, 11) is 0. The number of H-pyrrole nitrogens is 1. The Morgan fingerprint density at radius 1 is 0.870 bits per heavy atom. The number of amides is 3. The predicted octanol–water partition coefficient (Wildman–Crippen LogP) is 0.625. The summed E-state index contributed by atoms with van der Waals surface area (Å²) >= 11 is 0. The van der Waals surface area contributed by atoms with E-state index in [-0.39, 0.29) is 49.9 Å². The fourth-order valence-corrected chi connectivity index (χ4v) is 5.00. The zero-order chi connectivity index (χ0) is 33.8. The molecular formula is C32H44N8O6. The number of carbonyl (C=O) groups is 4. The van der Waals surface area contributed by atoms with Gasteiger partial charge in [0.15, 0.2) is 5.96 Å². The number of nitrogens with zero attached hydrogens (tertiary/aromatic N) is 1. The first-order valence-corrected chi connectivity index (χ1v) is 15.1. The van der Waals surface area contributed by atoms with Gasteiger partial charge in [0, 0.05) is 30.1 Å². The van der Waals surface area contributed by atoms with Crippen LogP contribution in [0.4, 0.5) is 0 Å². The molecule has 248 valence electrons.